The maximum atomic E-state index is 11.0. The number of carbonyl (C=O) groups is 1. The maximum absolute atomic E-state index is 11.0. The van der Waals surface area contributed by atoms with Crippen molar-refractivity contribution in [2.75, 3.05) is 7.11 Å². The van der Waals surface area contributed by atoms with Crippen LogP contribution < -0.4 is 9.47 Å². The van der Waals surface area contributed by atoms with Crippen LogP contribution in [0, 0.1) is 0 Å². The molecule has 0 saturated heterocycles. The van der Waals surface area contributed by atoms with Crippen molar-refractivity contribution in [2.24, 2.45) is 0 Å². The minimum absolute atomic E-state index is 0.349. The van der Waals surface area contributed by atoms with E-state index in [1.165, 1.54) is 6.92 Å². The van der Waals surface area contributed by atoms with Gasteiger partial charge >= 0.3 is 5.97 Å². The third-order valence-corrected chi connectivity index (χ3v) is 2.65. The van der Waals surface area contributed by atoms with Gasteiger partial charge in [0, 0.05) is 31.1 Å². The van der Waals surface area contributed by atoms with Crippen molar-refractivity contribution in [3.05, 3.63) is 24.4 Å². The second-order valence-electron chi connectivity index (χ2n) is 3.76. The molecule has 0 aliphatic rings. The molecule has 1 aromatic heterocycles. The van der Waals surface area contributed by atoms with Crippen molar-refractivity contribution in [1.29, 1.82) is 0 Å². The predicted octanol–water partition coefficient (Wildman–Crippen LogP) is 2.60. The smallest absolute Gasteiger partial charge is 0.308 e. The highest BCUT2D eigenvalue weighted by molar-refractivity contribution is 5.85. The SMILES string of the molecule is CCn1ccc2cc(OC(C)=O)c(OC)cc21. The van der Waals surface area contributed by atoms with E-state index in [1.807, 2.05) is 24.4 Å². The van der Waals surface area contributed by atoms with Crippen LogP contribution >= 0.6 is 0 Å². The summed E-state index contributed by atoms with van der Waals surface area (Å²) in [5.41, 5.74) is 1.07. The lowest BCUT2D eigenvalue weighted by molar-refractivity contribution is -0.131. The molecular weight excluding hydrogens is 218 g/mol. The molecule has 4 heteroatoms. The number of ether oxygens (including phenoxy) is 2. The fourth-order valence-corrected chi connectivity index (χ4v) is 1.87. The third kappa shape index (κ3) is 2.11. The van der Waals surface area contributed by atoms with E-state index in [0.29, 0.717) is 11.5 Å². The highest BCUT2D eigenvalue weighted by Gasteiger charge is 2.11. The Labute approximate surface area is 99.7 Å². The summed E-state index contributed by atoms with van der Waals surface area (Å²) in [6, 6.07) is 5.70. The molecule has 90 valence electrons. The molecule has 1 aromatic carbocycles. The Bertz CT molecular complexity index is 557. The van der Waals surface area contributed by atoms with Gasteiger partial charge in [0.25, 0.3) is 0 Å². The van der Waals surface area contributed by atoms with Gasteiger partial charge in [-0.3, -0.25) is 4.79 Å². The summed E-state index contributed by atoms with van der Waals surface area (Å²) in [6.45, 7) is 4.34. The Hall–Kier alpha value is -1.97. The number of hydrogen-bond acceptors (Lipinski definition) is 3. The molecule has 17 heavy (non-hydrogen) atoms. The van der Waals surface area contributed by atoms with Gasteiger partial charge in [-0.25, -0.2) is 0 Å². The van der Waals surface area contributed by atoms with Crippen molar-refractivity contribution < 1.29 is 14.3 Å². The monoisotopic (exact) mass is 233 g/mol. The molecule has 0 radical (unpaired) electrons. The molecule has 2 aromatic rings. The molecule has 0 spiro atoms. The van der Waals surface area contributed by atoms with E-state index in [2.05, 4.69) is 11.5 Å². The Kier molecular flexibility index (Phi) is 3.04. The van der Waals surface area contributed by atoms with Crippen LogP contribution in [0.4, 0.5) is 0 Å². The van der Waals surface area contributed by atoms with Crippen LogP contribution in [-0.4, -0.2) is 17.6 Å². The largest absolute Gasteiger partial charge is 0.493 e. The third-order valence-electron chi connectivity index (χ3n) is 2.65. The van der Waals surface area contributed by atoms with E-state index >= 15 is 0 Å². The van der Waals surface area contributed by atoms with Crippen LogP contribution in [0.5, 0.6) is 11.5 Å². The molecule has 0 saturated carbocycles. The first-order chi connectivity index (χ1) is 8.15. The van der Waals surface area contributed by atoms with E-state index < -0.39 is 0 Å². The Morgan fingerprint density at radius 2 is 2.12 bits per heavy atom. The number of fused-ring (bicyclic) bond motifs is 1. The molecule has 0 unspecified atom stereocenters. The number of methoxy groups -OCH3 is 1. The lowest BCUT2D eigenvalue weighted by atomic mass is 10.2. The topological polar surface area (TPSA) is 40.5 Å². The standard InChI is InChI=1S/C13H15NO3/c1-4-14-6-5-10-7-13(17-9(2)15)12(16-3)8-11(10)14/h5-8H,4H2,1-3H3. The zero-order chi connectivity index (χ0) is 12.4. The van der Waals surface area contributed by atoms with Gasteiger partial charge in [-0.15, -0.1) is 0 Å². The summed E-state index contributed by atoms with van der Waals surface area (Å²) in [6.07, 6.45) is 2.00. The average Bonchev–Trinajstić information content (AvgIpc) is 2.69. The molecule has 0 atom stereocenters. The summed E-state index contributed by atoms with van der Waals surface area (Å²) in [7, 11) is 1.56. The van der Waals surface area contributed by atoms with E-state index in [0.717, 1.165) is 17.4 Å². The summed E-state index contributed by atoms with van der Waals surface area (Å²) in [5, 5.41) is 1.03. The first-order valence-electron chi connectivity index (χ1n) is 5.51. The molecule has 4 nitrogen and oxygen atoms in total. The highest BCUT2D eigenvalue weighted by atomic mass is 16.6. The number of aryl methyl sites for hydroxylation is 1. The van der Waals surface area contributed by atoms with Crippen LogP contribution in [-0.2, 0) is 11.3 Å². The molecule has 2 rings (SSSR count). The molecule has 0 aliphatic carbocycles. The second kappa shape index (κ2) is 4.49. The van der Waals surface area contributed by atoms with Crippen LogP contribution in [0.1, 0.15) is 13.8 Å². The van der Waals surface area contributed by atoms with Gasteiger partial charge in [0.15, 0.2) is 11.5 Å². The minimum Gasteiger partial charge on any atom is -0.493 e. The van der Waals surface area contributed by atoms with E-state index in [4.69, 9.17) is 9.47 Å². The molecule has 1 heterocycles. The first-order valence-corrected chi connectivity index (χ1v) is 5.51. The predicted molar refractivity (Wildman–Crippen MR) is 65.5 cm³/mol. The van der Waals surface area contributed by atoms with Crippen LogP contribution in [0.3, 0.4) is 0 Å². The quantitative estimate of drug-likeness (QED) is 0.604. The van der Waals surface area contributed by atoms with Gasteiger partial charge in [0.05, 0.1) is 12.6 Å². The van der Waals surface area contributed by atoms with Crippen LogP contribution in [0.2, 0.25) is 0 Å². The number of hydrogen-bond donors (Lipinski definition) is 0. The molecule has 0 N–H and O–H groups in total. The molecular formula is C13H15NO3. The Balaban J connectivity index is 2.57. The summed E-state index contributed by atoms with van der Waals surface area (Å²) < 4.78 is 12.5. The van der Waals surface area contributed by atoms with E-state index in [9.17, 15) is 4.79 Å². The van der Waals surface area contributed by atoms with Gasteiger partial charge in [0.2, 0.25) is 0 Å². The number of rotatable bonds is 3. The summed E-state index contributed by atoms with van der Waals surface area (Å²) in [5.74, 6) is 0.681. The van der Waals surface area contributed by atoms with Crippen molar-refractivity contribution in [3.63, 3.8) is 0 Å². The van der Waals surface area contributed by atoms with Crippen molar-refractivity contribution in [3.8, 4) is 11.5 Å². The summed E-state index contributed by atoms with van der Waals surface area (Å²) in [4.78, 5) is 11.0. The molecule has 0 amide bonds. The Morgan fingerprint density at radius 3 is 2.71 bits per heavy atom. The van der Waals surface area contributed by atoms with E-state index in [1.54, 1.807) is 7.11 Å². The first kappa shape index (κ1) is 11.5. The summed E-state index contributed by atoms with van der Waals surface area (Å²) >= 11 is 0. The lowest BCUT2D eigenvalue weighted by Gasteiger charge is -2.09. The molecule has 0 aliphatic heterocycles. The van der Waals surface area contributed by atoms with Gasteiger partial charge in [-0.2, -0.15) is 0 Å². The normalized spacial score (nSPS) is 10.5. The highest BCUT2D eigenvalue weighted by Crippen LogP contribution is 2.33. The van der Waals surface area contributed by atoms with E-state index in [-0.39, 0.29) is 5.97 Å². The molecule has 0 bridgehead atoms. The number of carbonyl (C=O) groups excluding carboxylic acids is 1. The van der Waals surface area contributed by atoms with Crippen molar-refractivity contribution >= 4 is 16.9 Å². The number of benzene rings is 1. The van der Waals surface area contributed by atoms with Crippen LogP contribution in [0.15, 0.2) is 24.4 Å². The van der Waals surface area contributed by atoms with Gasteiger partial charge in [-0.05, 0) is 19.1 Å². The van der Waals surface area contributed by atoms with Gasteiger partial charge in [0.1, 0.15) is 0 Å². The number of aromatic nitrogens is 1. The fourth-order valence-electron chi connectivity index (χ4n) is 1.87. The molecule has 0 fully saturated rings. The zero-order valence-corrected chi connectivity index (χ0v) is 10.2. The van der Waals surface area contributed by atoms with Crippen molar-refractivity contribution in [1.82, 2.24) is 4.57 Å². The van der Waals surface area contributed by atoms with Gasteiger partial charge in [-0.1, -0.05) is 0 Å². The average molecular weight is 233 g/mol. The maximum Gasteiger partial charge on any atom is 0.308 e. The number of nitrogens with zero attached hydrogens (tertiary/aromatic N) is 1. The van der Waals surface area contributed by atoms with Crippen molar-refractivity contribution in [2.45, 2.75) is 20.4 Å². The van der Waals surface area contributed by atoms with Gasteiger partial charge < -0.3 is 14.0 Å². The zero-order valence-electron chi connectivity index (χ0n) is 10.2. The fraction of sp³-hybridized carbons (Fsp3) is 0.308. The lowest BCUT2D eigenvalue weighted by Crippen LogP contribution is -2.03. The number of esters is 1. The second-order valence-corrected chi connectivity index (χ2v) is 3.76. The Morgan fingerprint density at radius 1 is 1.35 bits per heavy atom. The van der Waals surface area contributed by atoms with Crippen LogP contribution in [0.25, 0.3) is 10.9 Å². The minimum atomic E-state index is -0.349.